The summed E-state index contributed by atoms with van der Waals surface area (Å²) in [5, 5.41) is 2.65. The number of hydrogen-bond acceptors (Lipinski definition) is 3. The van der Waals surface area contributed by atoms with Crippen molar-refractivity contribution in [3.8, 4) is 0 Å². The van der Waals surface area contributed by atoms with Crippen molar-refractivity contribution in [3.63, 3.8) is 0 Å². The van der Waals surface area contributed by atoms with E-state index < -0.39 is 6.04 Å². The second-order valence-electron chi connectivity index (χ2n) is 8.82. The lowest BCUT2D eigenvalue weighted by atomic mass is 10.0. The Hall–Kier alpha value is -1.32. The molecule has 0 unspecified atom stereocenters. The summed E-state index contributed by atoms with van der Waals surface area (Å²) < 4.78 is 5.25. The van der Waals surface area contributed by atoms with Gasteiger partial charge in [0.05, 0.1) is 6.61 Å². The highest BCUT2D eigenvalue weighted by atomic mass is 16.5. The molecule has 1 rings (SSSR count). The van der Waals surface area contributed by atoms with Crippen molar-refractivity contribution >= 4 is 11.9 Å². The van der Waals surface area contributed by atoms with E-state index >= 15 is 0 Å². The molecule has 1 atom stereocenters. The van der Waals surface area contributed by atoms with E-state index in [1.807, 2.05) is 0 Å². The molecule has 4 heteroatoms. The van der Waals surface area contributed by atoms with Crippen LogP contribution in [0.5, 0.6) is 0 Å². The topological polar surface area (TPSA) is 55.4 Å². The summed E-state index contributed by atoms with van der Waals surface area (Å²) in [6.45, 7) is 2.75. The fraction of sp³-hybridized carbons (Fsp3) is 0.846. The van der Waals surface area contributed by atoms with Gasteiger partial charge in [0, 0.05) is 6.42 Å². The van der Waals surface area contributed by atoms with Gasteiger partial charge < -0.3 is 10.1 Å². The zero-order valence-electron chi connectivity index (χ0n) is 19.6. The SMILES string of the molecule is CCCCCC/C=C/CCCCCCCCCCCCCOC(=O)[C@@H]1CCC(=O)N1. The first kappa shape index (κ1) is 26.7. The monoisotopic (exact) mass is 421 g/mol. The van der Waals surface area contributed by atoms with Crippen LogP contribution in [0.4, 0.5) is 0 Å². The Kier molecular flexibility index (Phi) is 17.5. The van der Waals surface area contributed by atoms with E-state index in [9.17, 15) is 9.59 Å². The predicted molar refractivity (Wildman–Crippen MR) is 125 cm³/mol. The first-order valence-electron chi connectivity index (χ1n) is 12.8. The number of rotatable bonds is 20. The van der Waals surface area contributed by atoms with Crippen molar-refractivity contribution < 1.29 is 14.3 Å². The summed E-state index contributed by atoms with van der Waals surface area (Å²) in [4.78, 5) is 22.8. The van der Waals surface area contributed by atoms with Gasteiger partial charge in [0.15, 0.2) is 0 Å². The number of nitrogens with one attached hydrogen (secondary N) is 1. The van der Waals surface area contributed by atoms with Crippen LogP contribution >= 0.6 is 0 Å². The van der Waals surface area contributed by atoms with E-state index in [4.69, 9.17) is 4.74 Å². The molecule has 0 spiro atoms. The summed E-state index contributed by atoms with van der Waals surface area (Å²) in [6.07, 6.45) is 27.9. The summed E-state index contributed by atoms with van der Waals surface area (Å²) in [5.74, 6) is -0.308. The molecule has 0 aliphatic carbocycles. The predicted octanol–water partition coefficient (Wildman–Crippen LogP) is 7.02. The third-order valence-corrected chi connectivity index (χ3v) is 5.93. The fourth-order valence-electron chi connectivity index (χ4n) is 3.94. The van der Waals surface area contributed by atoms with E-state index in [2.05, 4.69) is 24.4 Å². The molecule has 1 N–H and O–H groups in total. The van der Waals surface area contributed by atoms with Gasteiger partial charge in [0.1, 0.15) is 6.04 Å². The maximum Gasteiger partial charge on any atom is 0.328 e. The number of esters is 1. The molecule has 1 fully saturated rings. The number of hydrogen-bond donors (Lipinski definition) is 1. The van der Waals surface area contributed by atoms with E-state index in [-0.39, 0.29) is 11.9 Å². The summed E-state index contributed by atoms with van der Waals surface area (Å²) in [7, 11) is 0. The van der Waals surface area contributed by atoms with E-state index in [0.717, 1.165) is 12.8 Å². The smallest absolute Gasteiger partial charge is 0.328 e. The van der Waals surface area contributed by atoms with Crippen molar-refractivity contribution in [1.29, 1.82) is 0 Å². The Morgan fingerprint density at radius 2 is 1.33 bits per heavy atom. The molecule has 1 saturated heterocycles. The van der Waals surface area contributed by atoms with Gasteiger partial charge in [0.2, 0.25) is 5.91 Å². The van der Waals surface area contributed by atoms with Crippen LogP contribution in [0.25, 0.3) is 0 Å². The molecule has 0 aromatic rings. The van der Waals surface area contributed by atoms with E-state index in [1.165, 1.54) is 96.3 Å². The minimum Gasteiger partial charge on any atom is -0.464 e. The summed E-state index contributed by atoms with van der Waals surface area (Å²) in [6, 6.07) is -0.408. The molecule has 0 radical (unpaired) electrons. The molecule has 0 bridgehead atoms. The van der Waals surface area contributed by atoms with Gasteiger partial charge >= 0.3 is 5.97 Å². The van der Waals surface area contributed by atoms with E-state index in [1.54, 1.807) is 0 Å². The average Bonchev–Trinajstić information content (AvgIpc) is 3.18. The van der Waals surface area contributed by atoms with Crippen molar-refractivity contribution in [1.82, 2.24) is 5.32 Å². The molecule has 174 valence electrons. The van der Waals surface area contributed by atoms with Crippen LogP contribution < -0.4 is 5.32 Å². The van der Waals surface area contributed by atoms with Crippen molar-refractivity contribution in [2.24, 2.45) is 0 Å². The van der Waals surface area contributed by atoms with Crippen LogP contribution in [0.1, 0.15) is 129 Å². The molecule has 1 aliphatic heterocycles. The van der Waals surface area contributed by atoms with Gasteiger partial charge in [-0.2, -0.15) is 0 Å². The molecule has 30 heavy (non-hydrogen) atoms. The zero-order chi connectivity index (χ0) is 21.7. The highest BCUT2D eigenvalue weighted by molar-refractivity contribution is 5.87. The van der Waals surface area contributed by atoms with Gasteiger partial charge in [-0.05, 0) is 38.5 Å². The quantitative estimate of drug-likeness (QED) is 0.131. The first-order valence-corrected chi connectivity index (χ1v) is 12.8. The molecule has 0 aromatic carbocycles. The number of carbonyl (C=O) groups is 2. The Morgan fingerprint density at radius 3 is 1.83 bits per heavy atom. The van der Waals surface area contributed by atoms with Crippen molar-refractivity contribution in [2.75, 3.05) is 6.61 Å². The Morgan fingerprint density at radius 1 is 0.833 bits per heavy atom. The van der Waals surface area contributed by atoms with Crippen LogP contribution in [-0.4, -0.2) is 24.5 Å². The third kappa shape index (κ3) is 15.5. The third-order valence-electron chi connectivity index (χ3n) is 5.93. The number of carbonyl (C=O) groups excluding carboxylic acids is 2. The van der Waals surface area contributed by atoms with Crippen molar-refractivity contribution in [3.05, 3.63) is 12.2 Å². The summed E-state index contributed by atoms with van der Waals surface area (Å²) in [5.41, 5.74) is 0. The van der Waals surface area contributed by atoms with Crippen LogP contribution in [0.2, 0.25) is 0 Å². The lowest BCUT2D eigenvalue weighted by Crippen LogP contribution is -2.34. The van der Waals surface area contributed by atoms with Crippen molar-refractivity contribution in [2.45, 2.75) is 135 Å². The van der Waals surface area contributed by atoms with Crippen LogP contribution in [-0.2, 0) is 14.3 Å². The van der Waals surface area contributed by atoms with Gasteiger partial charge in [0.25, 0.3) is 0 Å². The fourth-order valence-corrected chi connectivity index (χ4v) is 3.94. The normalized spacial score (nSPS) is 16.3. The number of unbranched alkanes of at least 4 members (excludes halogenated alkanes) is 15. The largest absolute Gasteiger partial charge is 0.464 e. The number of ether oxygens (including phenoxy) is 1. The highest BCUT2D eigenvalue weighted by Crippen LogP contribution is 2.13. The van der Waals surface area contributed by atoms with Crippen LogP contribution in [0.15, 0.2) is 12.2 Å². The van der Waals surface area contributed by atoms with Crippen LogP contribution in [0, 0.1) is 0 Å². The van der Waals surface area contributed by atoms with Crippen LogP contribution in [0.3, 0.4) is 0 Å². The average molecular weight is 422 g/mol. The van der Waals surface area contributed by atoms with E-state index in [0.29, 0.717) is 19.4 Å². The summed E-state index contributed by atoms with van der Waals surface area (Å²) >= 11 is 0. The second kappa shape index (κ2) is 19.6. The van der Waals surface area contributed by atoms with Gasteiger partial charge in [-0.25, -0.2) is 4.79 Å². The minimum absolute atomic E-state index is 0.0439. The maximum atomic E-state index is 11.7. The molecule has 0 saturated carbocycles. The Balaban J connectivity index is 1.72. The molecule has 1 heterocycles. The Labute approximate surface area is 185 Å². The lowest BCUT2D eigenvalue weighted by Gasteiger charge is -2.09. The molecule has 1 amide bonds. The zero-order valence-corrected chi connectivity index (χ0v) is 19.6. The number of allylic oxidation sites excluding steroid dienone is 2. The highest BCUT2D eigenvalue weighted by Gasteiger charge is 2.28. The standard InChI is InChI=1S/C26H47NO3/c1-2-3-4-5-6-7-8-9-10-11-12-13-14-15-16-17-18-19-20-23-30-26(29)24-21-22-25(28)27-24/h7-8,24H,2-6,9-23H2,1H3,(H,27,28)/b8-7+/t24-/m0/s1. The maximum absolute atomic E-state index is 11.7. The molecular formula is C26H47NO3. The Bertz CT molecular complexity index is 461. The minimum atomic E-state index is -0.408. The van der Waals surface area contributed by atoms with Gasteiger partial charge in [-0.3, -0.25) is 4.79 Å². The molecule has 0 aromatic heterocycles. The number of amides is 1. The lowest BCUT2D eigenvalue weighted by molar-refractivity contribution is -0.146. The van der Waals surface area contributed by atoms with Gasteiger partial charge in [-0.1, -0.05) is 96.1 Å². The molecule has 4 nitrogen and oxygen atoms in total. The molecule has 1 aliphatic rings. The molecular weight excluding hydrogens is 374 g/mol. The van der Waals surface area contributed by atoms with Gasteiger partial charge in [-0.15, -0.1) is 0 Å². The second-order valence-corrected chi connectivity index (χ2v) is 8.82. The first-order chi connectivity index (χ1) is 14.7.